The third-order valence-corrected chi connectivity index (χ3v) is 6.39. The summed E-state index contributed by atoms with van der Waals surface area (Å²) in [5, 5.41) is 3.38. The van der Waals surface area contributed by atoms with Crippen molar-refractivity contribution in [3.8, 4) is 5.75 Å². The number of carbonyl (C=O) groups is 1. The molecule has 0 atom stereocenters. The maximum absolute atomic E-state index is 14.1. The van der Waals surface area contributed by atoms with Crippen LogP contribution < -0.4 is 15.6 Å². The fourth-order valence-corrected chi connectivity index (χ4v) is 4.34. The van der Waals surface area contributed by atoms with Crippen LogP contribution in [0, 0.1) is 19.7 Å². The van der Waals surface area contributed by atoms with Crippen molar-refractivity contribution in [2.24, 2.45) is 0 Å². The third kappa shape index (κ3) is 4.33. The second-order valence-corrected chi connectivity index (χ2v) is 8.82. The second kappa shape index (κ2) is 9.30. The van der Waals surface area contributed by atoms with Gasteiger partial charge < -0.3 is 14.6 Å². The number of hydrogen-bond acceptors (Lipinski definition) is 4. The summed E-state index contributed by atoms with van der Waals surface area (Å²) in [5.74, 6) is -0.0201. The number of methoxy groups -OCH3 is 1. The van der Waals surface area contributed by atoms with Gasteiger partial charge in [0.25, 0.3) is 5.56 Å². The molecule has 7 nitrogen and oxygen atoms in total. The highest BCUT2D eigenvalue weighted by Gasteiger charge is 2.19. The SMILES string of the molecule is COc1ccc(Cn2cnc3c4cc(F)ccc4n(CC(=O)Nc4ccc(C)c(C)c4)c3c2=O)cc1. The Morgan fingerprint density at radius 1 is 1.03 bits per heavy atom. The molecule has 0 radical (unpaired) electrons. The van der Waals surface area contributed by atoms with Gasteiger partial charge in [0, 0.05) is 11.1 Å². The molecule has 0 spiro atoms. The van der Waals surface area contributed by atoms with Gasteiger partial charge in [-0.05, 0) is 73.0 Å². The lowest BCUT2D eigenvalue weighted by molar-refractivity contribution is -0.116. The molecule has 0 fully saturated rings. The van der Waals surface area contributed by atoms with Gasteiger partial charge >= 0.3 is 0 Å². The highest BCUT2D eigenvalue weighted by molar-refractivity contribution is 6.06. The summed E-state index contributed by atoms with van der Waals surface area (Å²) in [5.41, 5.74) is 4.61. The zero-order valence-corrected chi connectivity index (χ0v) is 20.2. The van der Waals surface area contributed by atoms with Gasteiger partial charge in [0.2, 0.25) is 5.91 Å². The number of benzene rings is 3. The zero-order chi connectivity index (χ0) is 25.4. The fraction of sp³-hybridized carbons (Fsp3) is 0.179. The van der Waals surface area contributed by atoms with Crippen molar-refractivity contribution in [3.63, 3.8) is 0 Å². The molecule has 182 valence electrons. The predicted octanol–water partition coefficient (Wildman–Crippen LogP) is 4.80. The number of halogens is 1. The minimum Gasteiger partial charge on any atom is -0.497 e. The molecular weight excluding hydrogens is 459 g/mol. The molecule has 2 aromatic heterocycles. The second-order valence-electron chi connectivity index (χ2n) is 8.82. The van der Waals surface area contributed by atoms with Crippen molar-refractivity contribution in [1.29, 1.82) is 0 Å². The van der Waals surface area contributed by atoms with E-state index in [1.807, 2.05) is 56.3 Å². The number of nitrogens with one attached hydrogen (secondary N) is 1. The lowest BCUT2D eigenvalue weighted by Crippen LogP contribution is -2.25. The van der Waals surface area contributed by atoms with E-state index >= 15 is 0 Å². The minimum absolute atomic E-state index is 0.123. The Bertz CT molecular complexity index is 1670. The van der Waals surface area contributed by atoms with E-state index in [4.69, 9.17) is 4.74 Å². The average molecular weight is 485 g/mol. The first-order chi connectivity index (χ1) is 17.3. The van der Waals surface area contributed by atoms with Crippen molar-refractivity contribution in [1.82, 2.24) is 14.1 Å². The molecule has 2 heterocycles. The van der Waals surface area contributed by atoms with Crippen molar-refractivity contribution in [2.45, 2.75) is 26.9 Å². The van der Waals surface area contributed by atoms with Gasteiger partial charge in [-0.25, -0.2) is 9.37 Å². The number of aryl methyl sites for hydroxylation is 2. The van der Waals surface area contributed by atoms with Crippen molar-refractivity contribution >= 4 is 33.5 Å². The molecule has 0 aliphatic rings. The predicted molar refractivity (Wildman–Crippen MR) is 138 cm³/mol. The molecule has 1 N–H and O–H groups in total. The van der Waals surface area contributed by atoms with Gasteiger partial charge in [0.05, 0.1) is 25.5 Å². The number of carbonyl (C=O) groups excluding carboxylic acids is 1. The van der Waals surface area contributed by atoms with Crippen LogP contribution >= 0.6 is 0 Å². The molecule has 3 aromatic carbocycles. The maximum atomic E-state index is 14.1. The quantitative estimate of drug-likeness (QED) is 0.376. The van der Waals surface area contributed by atoms with Crippen LogP contribution in [0.3, 0.4) is 0 Å². The summed E-state index contributed by atoms with van der Waals surface area (Å²) >= 11 is 0. The van der Waals surface area contributed by atoms with Crippen LogP contribution in [0.4, 0.5) is 10.1 Å². The lowest BCUT2D eigenvalue weighted by Gasteiger charge is -2.11. The summed E-state index contributed by atoms with van der Waals surface area (Å²) in [4.78, 5) is 31.1. The Balaban J connectivity index is 1.56. The highest BCUT2D eigenvalue weighted by atomic mass is 19.1. The summed E-state index contributed by atoms with van der Waals surface area (Å²) in [7, 11) is 1.59. The molecule has 1 amide bonds. The fourth-order valence-electron chi connectivity index (χ4n) is 4.34. The molecule has 0 aliphatic heterocycles. The van der Waals surface area contributed by atoms with Crippen LogP contribution in [-0.2, 0) is 17.9 Å². The van der Waals surface area contributed by atoms with Crippen molar-refractivity contribution in [3.05, 3.63) is 99.9 Å². The van der Waals surface area contributed by atoms with E-state index in [1.165, 1.54) is 23.0 Å². The van der Waals surface area contributed by atoms with Gasteiger partial charge in [-0.15, -0.1) is 0 Å². The van der Waals surface area contributed by atoms with E-state index in [0.717, 1.165) is 22.4 Å². The van der Waals surface area contributed by atoms with E-state index in [9.17, 15) is 14.0 Å². The van der Waals surface area contributed by atoms with Gasteiger partial charge in [-0.2, -0.15) is 0 Å². The molecule has 0 saturated heterocycles. The first-order valence-corrected chi connectivity index (χ1v) is 11.5. The average Bonchev–Trinajstić information content (AvgIpc) is 3.16. The smallest absolute Gasteiger partial charge is 0.278 e. The molecular formula is C28H25FN4O3. The Morgan fingerprint density at radius 2 is 1.81 bits per heavy atom. The molecule has 0 bridgehead atoms. The van der Waals surface area contributed by atoms with Gasteiger partial charge in [-0.1, -0.05) is 18.2 Å². The Kier molecular flexibility index (Phi) is 6.01. The van der Waals surface area contributed by atoms with E-state index in [0.29, 0.717) is 22.1 Å². The van der Waals surface area contributed by atoms with Crippen LogP contribution in [0.5, 0.6) is 5.75 Å². The maximum Gasteiger partial charge on any atom is 0.278 e. The Labute approximate surface area is 206 Å². The number of rotatable bonds is 6. The minimum atomic E-state index is -0.439. The number of nitrogens with zero attached hydrogens (tertiary/aromatic N) is 3. The van der Waals surface area contributed by atoms with Crippen LogP contribution in [-0.4, -0.2) is 27.1 Å². The normalized spacial score (nSPS) is 11.2. The van der Waals surface area contributed by atoms with Crippen LogP contribution in [0.2, 0.25) is 0 Å². The van der Waals surface area contributed by atoms with E-state index in [1.54, 1.807) is 17.7 Å². The lowest BCUT2D eigenvalue weighted by atomic mass is 10.1. The van der Waals surface area contributed by atoms with E-state index < -0.39 is 5.82 Å². The molecule has 0 saturated carbocycles. The first kappa shape index (κ1) is 23.3. The van der Waals surface area contributed by atoms with Crippen LogP contribution in [0.25, 0.3) is 21.9 Å². The molecule has 5 rings (SSSR count). The number of hydrogen-bond donors (Lipinski definition) is 1. The van der Waals surface area contributed by atoms with Crippen LogP contribution in [0.15, 0.2) is 71.8 Å². The van der Waals surface area contributed by atoms with Crippen molar-refractivity contribution in [2.75, 3.05) is 12.4 Å². The molecule has 8 heteroatoms. The summed E-state index contributed by atoms with van der Waals surface area (Å²) in [6, 6.07) is 17.3. The number of aromatic nitrogens is 3. The number of amides is 1. The highest BCUT2D eigenvalue weighted by Crippen LogP contribution is 2.26. The topological polar surface area (TPSA) is 78.2 Å². The van der Waals surface area contributed by atoms with E-state index in [-0.39, 0.29) is 30.1 Å². The number of anilines is 1. The van der Waals surface area contributed by atoms with E-state index in [2.05, 4.69) is 10.3 Å². The Hall–Kier alpha value is -4.46. The summed E-state index contributed by atoms with van der Waals surface area (Å²) < 4.78 is 22.4. The molecule has 5 aromatic rings. The molecule has 0 aliphatic carbocycles. The number of fused-ring (bicyclic) bond motifs is 3. The molecule has 0 unspecified atom stereocenters. The third-order valence-electron chi connectivity index (χ3n) is 6.39. The standard InChI is InChI=1S/C28H25FN4O3/c1-17-4-8-21(12-18(17)2)31-25(34)15-33-24-11-7-20(29)13-23(24)26-27(33)28(35)32(16-30-26)14-19-5-9-22(36-3)10-6-19/h4-13,16H,14-15H2,1-3H3,(H,31,34). The number of ether oxygens (including phenoxy) is 1. The Morgan fingerprint density at radius 3 is 2.53 bits per heavy atom. The zero-order valence-electron chi connectivity index (χ0n) is 20.2. The van der Waals surface area contributed by atoms with Gasteiger partial charge in [0.15, 0.2) is 0 Å². The summed E-state index contributed by atoms with van der Waals surface area (Å²) in [6.45, 7) is 4.14. The summed E-state index contributed by atoms with van der Waals surface area (Å²) in [6.07, 6.45) is 1.46. The van der Waals surface area contributed by atoms with Crippen LogP contribution in [0.1, 0.15) is 16.7 Å². The van der Waals surface area contributed by atoms with Crippen molar-refractivity contribution < 1.29 is 13.9 Å². The van der Waals surface area contributed by atoms with Gasteiger partial charge in [-0.3, -0.25) is 14.2 Å². The monoisotopic (exact) mass is 484 g/mol. The van der Waals surface area contributed by atoms with Gasteiger partial charge in [0.1, 0.15) is 29.1 Å². The first-order valence-electron chi connectivity index (χ1n) is 11.5. The largest absolute Gasteiger partial charge is 0.497 e. The molecule has 36 heavy (non-hydrogen) atoms.